The van der Waals surface area contributed by atoms with Gasteiger partial charge in [-0.15, -0.1) is 0 Å². The number of hydrogen-bond acceptors (Lipinski definition) is 3. The number of halogens is 1. The minimum Gasteiger partial charge on any atom is -0.508 e. The Morgan fingerprint density at radius 2 is 2.21 bits per heavy atom. The van der Waals surface area contributed by atoms with Gasteiger partial charge in [0.05, 0.1) is 6.20 Å². The number of aromatic amines is 1. The average molecular weight is 263 g/mol. The molecule has 1 aromatic carbocycles. The van der Waals surface area contributed by atoms with E-state index < -0.39 is 5.82 Å². The van der Waals surface area contributed by atoms with E-state index in [9.17, 15) is 9.50 Å². The third kappa shape index (κ3) is 4.06. The molecule has 4 nitrogen and oxygen atoms in total. The fraction of sp³-hybridized carbons (Fsp3) is 0.357. The predicted molar refractivity (Wildman–Crippen MR) is 71.4 cm³/mol. The highest BCUT2D eigenvalue weighted by atomic mass is 19.1. The van der Waals surface area contributed by atoms with Crippen LogP contribution < -0.4 is 5.32 Å². The van der Waals surface area contributed by atoms with Crippen molar-refractivity contribution in [1.29, 1.82) is 0 Å². The van der Waals surface area contributed by atoms with Gasteiger partial charge in [0, 0.05) is 18.3 Å². The molecule has 0 spiro atoms. The van der Waals surface area contributed by atoms with Gasteiger partial charge in [-0.05, 0) is 49.6 Å². The number of rotatable bonds is 6. The lowest BCUT2D eigenvalue weighted by molar-refractivity contribution is 0.467. The van der Waals surface area contributed by atoms with E-state index in [0.717, 1.165) is 36.7 Å². The Balaban J connectivity index is 1.71. The molecule has 102 valence electrons. The third-order valence-corrected chi connectivity index (χ3v) is 3.01. The molecule has 1 heterocycles. The second kappa shape index (κ2) is 6.33. The molecule has 0 saturated carbocycles. The Morgan fingerprint density at radius 1 is 1.37 bits per heavy atom. The van der Waals surface area contributed by atoms with Crippen molar-refractivity contribution in [2.24, 2.45) is 0 Å². The second-order valence-corrected chi connectivity index (χ2v) is 4.62. The van der Waals surface area contributed by atoms with Crippen molar-refractivity contribution in [2.45, 2.75) is 26.3 Å². The molecule has 0 saturated heterocycles. The summed E-state index contributed by atoms with van der Waals surface area (Å²) in [5.74, 6) is -0.448. The molecule has 5 heteroatoms. The summed E-state index contributed by atoms with van der Waals surface area (Å²) in [6.45, 7) is 3.39. The van der Waals surface area contributed by atoms with Gasteiger partial charge in [0.15, 0.2) is 0 Å². The topological polar surface area (TPSA) is 60.9 Å². The van der Waals surface area contributed by atoms with Crippen LogP contribution in [0.3, 0.4) is 0 Å². The van der Waals surface area contributed by atoms with Crippen molar-refractivity contribution in [3.8, 4) is 5.75 Å². The third-order valence-electron chi connectivity index (χ3n) is 3.01. The van der Waals surface area contributed by atoms with E-state index >= 15 is 0 Å². The van der Waals surface area contributed by atoms with Crippen molar-refractivity contribution >= 4 is 0 Å². The van der Waals surface area contributed by atoms with E-state index in [1.807, 2.05) is 13.1 Å². The zero-order valence-electron chi connectivity index (χ0n) is 10.9. The molecule has 0 radical (unpaired) electrons. The van der Waals surface area contributed by atoms with Gasteiger partial charge in [-0.3, -0.25) is 5.10 Å². The Bertz CT molecular complexity index is 519. The molecule has 3 N–H and O–H groups in total. The van der Waals surface area contributed by atoms with Crippen molar-refractivity contribution in [2.75, 3.05) is 6.54 Å². The van der Waals surface area contributed by atoms with E-state index in [4.69, 9.17) is 0 Å². The van der Waals surface area contributed by atoms with Gasteiger partial charge in [-0.25, -0.2) is 4.39 Å². The molecule has 2 aromatic rings. The maximum Gasteiger partial charge on any atom is 0.127 e. The van der Waals surface area contributed by atoms with Crippen LogP contribution in [0, 0.1) is 12.7 Å². The SMILES string of the molecule is Cc1[nH]ncc1CCCNCc1cc(O)cc(F)c1. The van der Waals surface area contributed by atoms with Gasteiger partial charge < -0.3 is 10.4 Å². The van der Waals surface area contributed by atoms with Crippen LogP contribution in [0.4, 0.5) is 4.39 Å². The molecule has 0 fully saturated rings. The number of benzene rings is 1. The molecule has 2 rings (SSSR count). The van der Waals surface area contributed by atoms with Crippen LogP contribution in [0.15, 0.2) is 24.4 Å². The summed E-state index contributed by atoms with van der Waals surface area (Å²) >= 11 is 0. The van der Waals surface area contributed by atoms with Crippen molar-refractivity contribution in [1.82, 2.24) is 15.5 Å². The van der Waals surface area contributed by atoms with Crippen LogP contribution >= 0.6 is 0 Å². The number of aryl methyl sites for hydroxylation is 2. The molecule has 19 heavy (non-hydrogen) atoms. The Morgan fingerprint density at radius 3 is 2.89 bits per heavy atom. The first-order valence-electron chi connectivity index (χ1n) is 6.33. The second-order valence-electron chi connectivity index (χ2n) is 4.62. The number of aromatic hydroxyl groups is 1. The Hall–Kier alpha value is -1.88. The quantitative estimate of drug-likeness (QED) is 0.701. The van der Waals surface area contributed by atoms with Crippen LogP contribution in [0.2, 0.25) is 0 Å². The molecule has 0 aliphatic heterocycles. The van der Waals surface area contributed by atoms with Gasteiger partial charge in [0.2, 0.25) is 0 Å². The first-order valence-corrected chi connectivity index (χ1v) is 6.33. The summed E-state index contributed by atoms with van der Waals surface area (Å²) in [5.41, 5.74) is 3.08. The van der Waals surface area contributed by atoms with E-state index in [-0.39, 0.29) is 5.75 Å². The fourth-order valence-electron chi connectivity index (χ4n) is 2.00. The maximum absolute atomic E-state index is 13.0. The highest BCUT2D eigenvalue weighted by Crippen LogP contribution is 2.14. The molecule has 0 aliphatic carbocycles. The zero-order chi connectivity index (χ0) is 13.7. The smallest absolute Gasteiger partial charge is 0.127 e. The standard InChI is InChI=1S/C14H18FN3O/c1-10-12(9-17-18-10)3-2-4-16-8-11-5-13(15)7-14(19)6-11/h5-7,9,16,19H,2-4,8H2,1H3,(H,17,18). The van der Waals surface area contributed by atoms with Crippen LogP contribution in [-0.2, 0) is 13.0 Å². The Labute approximate surface area is 111 Å². The lowest BCUT2D eigenvalue weighted by Crippen LogP contribution is -2.15. The number of nitrogens with one attached hydrogen (secondary N) is 2. The number of phenolic OH excluding ortho intramolecular Hbond substituents is 1. The molecule has 0 unspecified atom stereocenters. The molecule has 0 atom stereocenters. The van der Waals surface area contributed by atoms with Crippen LogP contribution in [0.1, 0.15) is 23.2 Å². The zero-order valence-corrected chi connectivity index (χ0v) is 10.9. The van der Waals surface area contributed by atoms with Crippen molar-refractivity contribution < 1.29 is 9.50 Å². The van der Waals surface area contributed by atoms with E-state index in [2.05, 4.69) is 15.5 Å². The molecular formula is C14H18FN3O. The number of nitrogens with zero attached hydrogens (tertiary/aromatic N) is 1. The predicted octanol–water partition coefficient (Wildman–Crippen LogP) is 2.29. The first kappa shape index (κ1) is 13.5. The van der Waals surface area contributed by atoms with Gasteiger partial charge >= 0.3 is 0 Å². The molecule has 0 bridgehead atoms. The van der Waals surface area contributed by atoms with Crippen LogP contribution in [-0.4, -0.2) is 21.8 Å². The lowest BCUT2D eigenvalue weighted by atomic mass is 10.1. The van der Waals surface area contributed by atoms with Crippen LogP contribution in [0.5, 0.6) is 5.75 Å². The fourth-order valence-corrected chi connectivity index (χ4v) is 2.00. The summed E-state index contributed by atoms with van der Waals surface area (Å²) in [6, 6.07) is 4.09. The lowest BCUT2D eigenvalue weighted by Gasteiger charge is -2.05. The largest absolute Gasteiger partial charge is 0.508 e. The van der Waals surface area contributed by atoms with E-state index in [1.165, 1.54) is 11.6 Å². The van der Waals surface area contributed by atoms with E-state index in [0.29, 0.717) is 6.54 Å². The van der Waals surface area contributed by atoms with Gasteiger partial charge in [0.25, 0.3) is 0 Å². The molecule has 0 aliphatic rings. The minimum absolute atomic E-state index is 0.0363. The summed E-state index contributed by atoms with van der Waals surface area (Å²) in [4.78, 5) is 0. The normalized spacial score (nSPS) is 10.8. The number of phenols is 1. The van der Waals surface area contributed by atoms with E-state index in [1.54, 1.807) is 6.07 Å². The number of hydrogen-bond donors (Lipinski definition) is 3. The molecular weight excluding hydrogens is 245 g/mol. The number of aromatic nitrogens is 2. The van der Waals surface area contributed by atoms with Crippen molar-refractivity contribution in [3.63, 3.8) is 0 Å². The summed E-state index contributed by atoms with van der Waals surface area (Å²) in [7, 11) is 0. The van der Waals surface area contributed by atoms with Gasteiger partial charge in [-0.2, -0.15) is 5.10 Å². The van der Waals surface area contributed by atoms with Gasteiger partial charge in [0.1, 0.15) is 11.6 Å². The molecule has 0 amide bonds. The Kier molecular flexibility index (Phi) is 4.52. The number of H-pyrrole nitrogens is 1. The first-order chi connectivity index (χ1) is 9.15. The van der Waals surface area contributed by atoms with Crippen molar-refractivity contribution in [3.05, 3.63) is 47.0 Å². The maximum atomic E-state index is 13.0. The summed E-state index contributed by atoms with van der Waals surface area (Å²) < 4.78 is 13.0. The average Bonchev–Trinajstić information content (AvgIpc) is 2.73. The molecule has 1 aromatic heterocycles. The highest BCUT2D eigenvalue weighted by Gasteiger charge is 2.01. The minimum atomic E-state index is -0.411. The van der Waals surface area contributed by atoms with Crippen LogP contribution in [0.25, 0.3) is 0 Å². The monoisotopic (exact) mass is 263 g/mol. The summed E-state index contributed by atoms with van der Waals surface area (Å²) in [6.07, 6.45) is 3.80. The van der Waals surface area contributed by atoms with Gasteiger partial charge in [-0.1, -0.05) is 0 Å². The highest BCUT2D eigenvalue weighted by molar-refractivity contribution is 5.28. The summed E-state index contributed by atoms with van der Waals surface area (Å²) in [5, 5.41) is 19.4.